The van der Waals surface area contributed by atoms with Crippen molar-refractivity contribution in [2.45, 2.75) is 62.6 Å². The molecule has 2 rings (SSSR count). The zero-order valence-corrected chi connectivity index (χ0v) is 12.2. The lowest BCUT2D eigenvalue weighted by Crippen LogP contribution is -2.31. The second-order valence-corrected chi connectivity index (χ2v) is 6.88. The molecule has 0 aliphatic heterocycles. The van der Waals surface area contributed by atoms with E-state index >= 15 is 0 Å². The lowest BCUT2D eigenvalue weighted by atomic mass is 10.0. The molecule has 98 valence electrons. The minimum Gasteiger partial charge on any atom is -0.356 e. The van der Waals surface area contributed by atoms with Gasteiger partial charge in [0.05, 0.1) is 0 Å². The van der Waals surface area contributed by atoms with Gasteiger partial charge in [-0.15, -0.1) is 0 Å². The van der Waals surface area contributed by atoms with Crippen molar-refractivity contribution in [3.63, 3.8) is 0 Å². The molecule has 0 aromatic heterocycles. The van der Waals surface area contributed by atoms with Gasteiger partial charge < -0.3 is 5.32 Å². The highest BCUT2D eigenvalue weighted by Gasteiger charge is 2.25. The maximum absolute atomic E-state index is 11.7. The monoisotopic (exact) mass is 301 g/mol. The minimum absolute atomic E-state index is 0.267. The zero-order chi connectivity index (χ0) is 12.1. The fourth-order valence-electron chi connectivity index (χ4n) is 3.19. The molecular formula is C14H24BrNO. The first-order valence-electron chi connectivity index (χ1n) is 7.16. The number of alkyl halides is 1. The number of rotatable bonds is 5. The van der Waals surface area contributed by atoms with Crippen LogP contribution in [0.5, 0.6) is 0 Å². The number of carbonyl (C=O) groups excluding carboxylic acids is 1. The molecule has 0 heterocycles. The molecule has 2 atom stereocenters. The summed E-state index contributed by atoms with van der Waals surface area (Å²) >= 11 is 3.70. The first-order chi connectivity index (χ1) is 8.25. The molecule has 2 fully saturated rings. The molecule has 2 aliphatic carbocycles. The van der Waals surface area contributed by atoms with Crippen LogP contribution in [-0.4, -0.2) is 17.3 Å². The van der Waals surface area contributed by atoms with E-state index in [1.807, 2.05) is 0 Å². The van der Waals surface area contributed by atoms with E-state index in [0.29, 0.717) is 10.7 Å². The molecule has 3 heteroatoms. The van der Waals surface area contributed by atoms with Gasteiger partial charge in [0.2, 0.25) is 5.91 Å². The first kappa shape index (κ1) is 13.4. The number of nitrogens with one attached hydrogen (secondary N) is 1. The summed E-state index contributed by atoms with van der Waals surface area (Å²) in [4.78, 5) is 12.4. The van der Waals surface area contributed by atoms with Gasteiger partial charge in [0.1, 0.15) is 0 Å². The van der Waals surface area contributed by atoms with E-state index in [2.05, 4.69) is 21.2 Å². The summed E-state index contributed by atoms with van der Waals surface area (Å²) in [6, 6.07) is 0. The molecule has 1 N–H and O–H groups in total. The number of carbonyl (C=O) groups is 1. The van der Waals surface area contributed by atoms with Crippen LogP contribution >= 0.6 is 15.9 Å². The second kappa shape index (κ2) is 6.77. The van der Waals surface area contributed by atoms with Crippen molar-refractivity contribution in [3.8, 4) is 0 Å². The number of hydrogen-bond donors (Lipinski definition) is 1. The summed E-state index contributed by atoms with van der Waals surface area (Å²) in [7, 11) is 0. The Kier molecular flexibility index (Phi) is 5.33. The highest BCUT2D eigenvalue weighted by molar-refractivity contribution is 9.09. The van der Waals surface area contributed by atoms with Crippen LogP contribution in [0.2, 0.25) is 0 Å². The Labute approximate surface area is 113 Å². The van der Waals surface area contributed by atoms with Gasteiger partial charge in [-0.3, -0.25) is 4.79 Å². The molecule has 2 nitrogen and oxygen atoms in total. The van der Waals surface area contributed by atoms with Gasteiger partial charge in [0.25, 0.3) is 0 Å². The van der Waals surface area contributed by atoms with E-state index in [-0.39, 0.29) is 5.91 Å². The van der Waals surface area contributed by atoms with Crippen LogP contribution in [0.1, 0.15) is 57.8 Å². The van der Waals surface area contributed by atoms with Crippen LogP contribution in [0.4, 0.5) is 0 Å². The molecule has 0 aromatic carbocycles. The van der Waals surface area contributed by atoms with Crippen LogP contribution in [-0.2, 0) is 4.79 Å². The smallest absolute Gasteiger partial charge is 0.220 e. The Balaban J connectivity index is 1.57. The average Bonchev–Trinajstić information content (AvgIpc) is 2.95. The molecule has 0 saturated heterocycles. The summed E-state index contributed by atoms with van der Waals surface area (Å²) in [5.41, 5.74) is 0. The molecule has 1 amide bonds. The van der Waals surface area contributed by atoms with Crippen LogP contribution < -0.4 is 5.32 Å². The summed E-state index contributed by atoms with van der Waals surface area (Å²) < 4.78 is 0. The molecule has 0 radical (unpaired) electrons. The molecule has 2 unspecified atom stereocenters. The summed E-state index contributed by atoms with van der Waals surface area (Å²) in [5, 5.41) is 3.11. The summed E-state index contributed by atoms with van der Waals surface area (Å²) in [5.74, 6) is 1.75. The van der Waals surface area contributed by atoms with Gasteiger partial charge in [-0.2, -0.15) is 0 Å². The molecular weight excluding hydrogens is 278 g/mol. The molecule has 17 heavy (non-hydrogen) atoms. The predicted molar refractivity (Wildman–Crippen MR) is 74.3 cm³/mol. The highest BCUT2D eigenvalue weighted by atomic mass is 79.9. The van der Waals surface area contributed by atoms with Gasteiger partial charge in [0.15, 0.2) is 0 Å². The third-order valence-corrected chi connectivity index (χ3v) is 5.59. The molecule has 0 aromatic rings. The normalized spacial score (nSPS) is 29.7. The van der Waals surface area contributed by atoms with Crippen molar-refractivity contribution in [1.29, 1.82) is 0 Å². The average molecular weight is 302 g/mol. The standard InChI is InChI=1S/C14H24BrNO/c15-13-7-3-6-12(13)10-16-14(17)9-8-11-4-1-2-5-11/h11-13H,1-10H2,(H,16,17). The Morgan fingerprint density at radius 3 is 2.53 bits per heavy atom. The largest absolute Gasteiger partial charge is 0.356 e. The number of hydrogen-bond acceptors (Lipinski definition) is 1. The van der Waals surface area contributed by atoms with Crippen LogP contribution in [0.25, 0.3) is 0 Å². The topological polar surface area (TPSA) is 29.1 Å². The Hall–Kier alpha value is -0.0500. The van der Waals surface area contributed by atoms with E-state index in [4.69, 9.17) is 0 Å². The van der Waals surface area contributed by atoms with Crippen molar-refractivity contribution in [3.05, 3.63) is 0 Å². The Bertz CT molecular complexity index is 251. The lowest BCUT2D eigenvalue weighted by molar-refractivity contribution is -0.121. The highest BCUT2D eigenvalue weighted by Crippen LogP contribution is 2.31. The Morgan fingerprint density at radius 1 is 1.12 bits per heavy atom. The van der Waals surface area contributed by atoms with Crippen molar-refractivity contribution in [1.82, 2.24) is 5.32 Å². The van der Waals surface area contributed by atoms with Crippen molar-refractivity contribution in [2.75, 3.05) is 6.54 Å². The second-order valence-electron chi connectivity index (χ2n) is 5.70. The van der Waals surface area contributed by atoms with Crippen LogP contribution in [0.15, 0.2) is 0 Å². The Morgan fingerprint density at radius 2 is 1.88 bits per heavy atom. The summed E-state index contributed by atoms with van der Waals surface area (Å²) in [6.07, 6.45) is 11.1. The first-order valence-corrected chi connectivity index (χ1v) is 8.08. The SMILES string of the molecule is O=C(CCC1CCCC1)NCC1CCCC1Br. The van der Waals surface area contributed by atoms with E-state index in [1.165, 1.54) is 44.9 Å². The molecule has 2 aliphatic rings. The fraction of sp³-hybridized carbons (Fsp3) is 0.929. The van der Waals surface area contributed by atoms with Crippen molar-refractivity contribution >= 4 is 21.8 Å². The van der Waals surface area contributed by atoms with Gasteiger partial charge in [-0.1, -0.05) is 48.0 Å². The quantitative estimate of drug-likeness (QED) is 0.772. The fourth-order valence-corrected chi connectivity index (χ4v) is 3.96. The van der Waals surface area contributed by atoms with E-state index in [9.17, 15) is 4.79 Å². The summed E-state index contributed by atoms with van der Waals surface area (Å²) in [6.45, 7) is 0.874. The van der Waals surface area contributed by atoms with Crippen molar-refractivity contribution in [2.24, 2.45) is 11.8 Å². The van der Waals surface area contributed by atoms with E-state index in [0.717, 1.165) is 25.3 Å². The van der Waals surface area contributed by atoms with Crippen molar-refractivity contribution < 1.29 is 4.79 Å². The van der Waals surface area contributed by atoms with Gasteiger partial charge >= 0.3 is 0 Å². The number of amides is 1. The molecule has 0 bridgehead atoms. The van der Waals surface area contributed by atoms with Crippen LogP contribution in [0, 0.1) is 11.8 Å². The zero-order valence-electron chi connectivity index (χ0n) is 10.6. The van der Waals surface area contributed by atoms with Gasteiger partial charge in [-0.05, 0) is 31.1 Å². The van der Waals surface area contributed by atoms with E-state index < -0.39 is 0 Å². The van der Waals surface area contributed by atoms with Crippen LogP contribution in [0.3, 0.4) is 0 Å². The minimum atomic E-state index is 0.267. The van der Waals surface area contributed by atoms with E-state index in [1.54, 1.807) is 0 Å². The van der Waals surface area contributed by atoms with Gasteiger partial charge in [0, 0.05) is 17.8 Å². The maximum atomic E-state index is 11.7. The van der Waals surface area contributed by atoms with Gasteiger partial charge in [-0.25, -0.2) is 0 Å². The number of halogens is 1. The maximum Gasteiger partial charge on any atom is 0.220 e. The molecule has 0 spiro atoms. The lowest BCUT2D eigenvalue weighted by Gasteiger charge is -2.15. The predicted octanol–water partition coefficient (Wildman–Crippen LogP) is 3.64. The third-order valence-electron chi connectivity index (χ3n) is 4.38. The molecule has 2 saturated carbocycles. The third kappa shape index (κ3) is 4.27.